The van der Waals surface area contributed by atoms with E-state index >= 15 is 0 Å². The van der Waals surface area contributed by atoms with Gasteiger partial charge in [0.05, 0.1) is 6.61 Å². The van der Waals surface area contributed by atoms with Gasteiger partial charge in [0.25, 0.3) is 0 Å². The van der Waals surface area contributed by atoms with Crippen LogP contribution in [0.15, 0.2) is 0 Å². The molecule has 0 aromatic rings. The van der Waals surface area contributed by atoms with Gasteiger partial charge in [-0.3, -0.25) is 19.2 Å². The number of carbonyl (C=O) groups excluding carboxylic acids is 4. The number of aliphatic hydroxyl groups excluding tert-OH is 1. The first-order valence-corrected chi connectivity index (χ1v) is 5.39. The van der Waals surface area contributed by atoms with Crippen LogP contribution in [0.3, 0.4) is 0 Å². The van der Waals surface area contributed by atoms with E-state index in [1.807, 2.05) is 0 Å². The first-order chi connectivity index (χ1) is 8.81. The largest absolute Gasteiger partial charge is 0.456 e. The molecule has 19 heavy (non-hydrogen) atoms. The Morgan fingerprint density at radius 1 is 1.00 bits per heavy atom. The minimum absolute atomic E-state index is 0.223. The van der Waals surface area contributed by atoms with Gasteiger partial charge in [0, 0.05) is 20.8 Å². The van der Waals surface area contributed by atoms with E-state index in [0.717, 1.165) is 20.8 Å². The zero-order valence-corrected chi connectivity index (χ0v) is 10.8. The fourth-order valence-corrected chi connectivity index (χ4v) is 1.33. The second-order valence-electron chi connectivity index (χ2n) is 3.61. The molecule has 8 nitrogen and oxygen atoms in total. The number of aliphatic hydroxyl groups is 1. The maximum absolute atomic E-state index is 11.0. The summed E-state index contributed by atoms with van der Waals surface area (Å²) in [4.78, 5) is 43.6. The second kappa shape index (κ2) is 8.20. The average molecular weight is 276 g/mol. The third kappa shape index (κ3) is 6.51. The monoisotopic (exact) mass is 276 g/mol. The highest BCUT2D eigenvalue weighted by Gasteiger charge is 2.36. The third-order valence-corrected chi connectivity index (χ3v) is 1.93. The molecule has 0 unspecified atom stereocenters. The van der Waals surface area contributed by atoms with Crippen LogP contribution in [-0.4, -0.2) is 54.2 Å². The van der Waals surface area contributed by atoms with Crippen molar-refractivity contribution in [3.63, 3.8) is 0 Å². The zero-order chi connectivity index (χ0) is 15.0. The van der Waals surface area contributed by atoms with Gasteiger partial charge in [-0.25, -0.2) is 0 Å². The van der Waals surface area contributed by atoms with E-state index in [1.165, 1.54) is 0 Å². The van der Waals surface area contributed by atoms with Crippen LogP contribution in [0, 0.1) is 0 Å². The second-order valence-corrected chi connectivity index (χ2v) is 3.61. The van der Waals surface area contributed by atoms with Crippen LogP contribution < -0.4 is 0 Å². The first kappa shape index (κ1) is 17.0. The van der Waals surface area contributed by atoms with E-state index < -0.39 is 42.8 Å². The summed E-state index contributed by atoms with van der Waals surface area (Å²) in [6.45, 7) is 2.49. The van der Waals surface area contributed by atoms with Crippen LogP contribution in [0.1, 0.15) is 20.8 Å². The normalized spacial score (nSPS) is 14.7. The Morgan fingerprint density at radius 3 is 1.79 bits per heavy atom. The molecule has 0 bridgehead atoms. The minimum atomic E-state index is -1.47. The van der Waals surface area contributed by atoms with Crippen LogP contribution in [0.5, 0.6) is 0 Å². The Labute approximate surface area is 109 Å². The molecule has 3 atom stereocenters. The summed E-state index contributed by atoms with van der Waals surface area (Å²) in [6, 6.07) is 0. The van der Waals surface area contributed by atoms with Crippen molar-refractivity contribution >= 4 is 24.2 Å². The van der Waals surface area contributed by atoms with Crippen LogP contribution in [0.2, 0.25) is 0 Å². The highest BCUT2D eigenvalue weighted by Crippen LogP contribution is 2.12. The molecule has 108 valence electrons. The Bertz CT molecular complexity index is 351. The lowest BCUT2D eigenvalue weighted by Gasteiger charge is -2.28. The summed E-state index contributed by atoms with van der Waals surface area (Å²) < 4.78 is 14.1. The molecule has 0 saturated heterocycles. The summed E-state index contributed by atoms with van der Waals surface area (Å²) in [6.07, 6.45) is -3.97. The van der Waals surface area contributed by atoms with Crippen LogP contribution >= 0.6 is 0 Å². The summed E-state index contributed by atoms with van der Waals surface area (Å²) in [7, 11) is 0. The van der Waals surface area contributed by atoms with E-state index in [0.29, 0.717) is 0 Å². The van der Waals surface area contributed by atoms with Crippen molar-refractivity contribution in [2.24, 2.45) is 0 Å². The highest BCUT2D eigenvalue weighted by atomic mass is 16.6. The highest BCUT2D eigenvalue weighted by molar-refractivity contribution is 5.72. The van der Waals surface area contributed by atoms with Gasteiger partial charge in [0.2, 0.25) is 0 Å². The van der Waals surface area contributed by atoms with Gasteiger partial charge in [0.15, 0.2) is 24.6 Å². The molecule has 0 heterocycles. The van der Waals surface area contributed by atoms with Gasteiger partial charge >= 0.3 is 17.9 Å². The van der Waals surface area contributed by atoms with Crippen molar-refractivity contribution < 1.29 is 38.5 Å². The molecule has 0 aliphatic carbocycles. The SMILES string of the molecule is CC(=O)O[C@H]([C@@H](C=O)OC(C)=O)[C@@H](CO)OC(C)=O. The fourth-order valence-electron chi connectivity index (χ4n) is 1.33. The topological polar surface area (TPSA) is 116 Å². The molecule has 0 aliphatic heterocycles. The molecule has 0 aliphatic rings. The first-order valence-electron chi connectivity index (χ1n) is 5.39. The molecule has 8 heteroatoms. The van der Waals surface area contributed by atoms with Gasteiger partial charge in [-0.1, -0.05) is 0 Å². The summed E-state index contributed by atoms with van der Waals surface area (Å²) in [5.41, 5.74) is 0. The van der Waals surface area contributed by atoms with E-state index in [2.05, 4.69) is 4.74 Å². The number of aldehydes is 1. The number of ether oxygens (including phenoxy) is 3. The zero-order valence-electron chi connectivity index (χ0n) is 10.8. The molecule has 0 aromatic heterocycles. The predicted molar refractivity (Wildman–Crippen MR) is 59.8 cm³/mol. The standard InChI is InChI=1S/C11H16O8/c1-6(14)17-9(4-12)11(19-8(3)16)10(5-13)18-7(2)15/h4,9-11,13H,5H2,1-3H3/t9-,10-,11-/m1/s1. The van der Waals surface area contributed by atoms with E-state index in [4.69, 9.17) is 14.6 Å². The van der Waals surface area contributed by atoms with Gasteiger partial charge in [-0.2, -0.15) is 0 Å². The quantitative estimate of drug-likeness (QED) is 0.356. The molecule has 0 spiro atoms. The molecule has 1 N–H and O–H groups in total. The van der Waals surface area contributed by atoms with Gasteiger partial charge < -0.3 is 19.3 Å². The number of esters is 3. The van der Waals surface area contributed by atoms with Crippen molar-refractivity contribution in [3.05, 3.63) is 0 Å². The van der Waals surface area contributed by atoms with Crippen LogP contribution in [-0.2, 0) is 33.4 Å². The Morgan fingerprint density at radius 2 is 1.47 bits per heavy atom. The molecule has 0 saturated carbocycles. The maximum Gasteiger partial charge on any atom is 0.303 e. The maximum atomic E-state index is 11.0. The molecule has 0 amide bonds. The van der Waals surface area contributed by atoms with E-state index in [1.54, 1.807) is 0 Å². The van der Waals surface area contributed by atoms with Gasteiger partial charge in [0.1, 0.15) is 0 Å². The summed E-state index contributed by atoms with van der Waals surface area (Å²) >= 11 is 0. The summed E-state index contributed by atoms with van der Waals surface area (Å²) in [5, 5.41) is 9.11. The minimum Gasteiger partial charge on any atom is -0.456 e. The lowest BCUT2D eigenvalue weighted by Crippen LogP contribution is -2.47. The van der Waals surface area contributed by atoms with E-state index in [-0.39, 0.29) is 6.29 Å². The third-order valence-electron chi connectivity index (χ3n) is 1.93. The molecular formula is C11H16O8. The van der Waals surface area contributed by atoms with Crippen molar-refractivity contribution in [1.29, 1.82) is 0 Å². The van der Waals surface area contributed by atoms with Gasteiger partial charge in [-0.05, 0) is 0 Å². The lowest BCUT2D eigenvalue weighted by atomic mass is 10.1. The van der Waals surface area contributed by atoms with Crippen molar-refractivity contribution in [1.82, 2.24) is 0 Å². The molecule has 0 fully saturated rings. The Balaban J connectivity index is 5.11. The summed E-state index contributed by atoms with van der Waals surface area (Å²) in [5.74, 6) is -2.31. The molecular weight excluding hydrogens is 260 g/mol. The fraction of sp³-hybridized carbons (Fsp3) is 0.636. The predicted octanol–water partition coefficient (Wildman–Crippen LogP) is -1.03. The molecule has 0 rings (SSSR count). The number of rotatable bonds is 7. The van der Waals surface area contributed by atoms with Crippen LogP contribution in [0.4, 0.5) is 0 Å². The van der Waals surface area contributed by atoms with Crippen molar-refractivity contribution in [2.45, 2.75) is 39.1 Å². The lowest BCUT2D eigenvalue weighted by molar-refractivity contribution is -0.185. The van der Waals surface area contributed by atoms with Crippen LogP contribution in [0.25, 0.3) is 0 Å². The van der Waals surface area contributed by atoms with Crippen molar-refractivity contribution in [3.8, 4) is 0 Å². The smallest absolute Gasteiger partial charge is 0.303 e. The Kier molecular flexibility index (Phi) is 7.35. The molecule has 0 radical (unpaired) electrons. The Hall–Kier alpha value is -1.96. The number of hydrogen-bond acceptors (Lipinski definition) is 8. The molecule has 0 aromatic carbocycles. The number of hydrogen-bond donors (Lipinski definition) is 1. The van der Waals surface area contributed by atoms with Gasteiger partial charge in [-0.15, -0.1) is 0 Å². The van der Waals surface area contributed by atoms with E-state index in [9.17, 15) is 19.2 Å². The average Bonchev–Trinajstić information content (AvgIpc) is 2.29. The van der Waals surface area contributed by atoms with Crippen molar-refractivity contribution in [2.75, 3.05) is 6.61 Å². The number of carbonyl (C=O) groups is 4.